The number of carbonyl (C=O) groups is 1. The molecule has 0 bridgehead atoms. The molecule has 1 unspecified atom stereocenters. The lowest BCUT2D eigenvalue weighted by Gasteiger charge is -2.34. The van der Waals surface area contributed by atoms with Crippen molar-refractivity contribution in [1.29, 1.82) is 0 Å². The summed E-state index contributed by atoms with van der Waals surface area (Å²) in [5.74, 6) is 1.23. The van der Waals surface area contributed by atoms with Crippen molar-refractivity contribution in [3.63, 3.8) is 0 Å². The molecule has 132 valence electrons. The van der Waals surface area contributed by atoms with Gasteiger partial charge in [0.1, 0.15) is 5.82 Å². The van der Waals surface area contributed by atoms with Crippen LogP contribution in [-0.4, -0.2) is 43.2 Å². The van der Waals surface area contributed by atoms with Crippen molar-refractivity contribution < 1.29 is 9.53 Å². The number of aromatic nitrogens is 1. The normalized spacial score (nSPS) is 22.1. The van der Waals surface area contributed by atoms with Gasteiger partial charge in [-0.15, -0.1) is 0 Å². The molecule has 5 heteroatoms. The third kappa shape index (κ3) is 3.61. The Kier molecular flexibility index (Phi) is 4.83. The maximum atomic E-state index is 12.7. The number of amides is 1. The molecule has 4 rings (SSSR count). The minimum Gasteiger partial charge on any atom is -0.381 e. The first-order valence-corrected chi connectivity index (χ1v) is 9.28. The van der Waals surface area contributed by atoms with Crippen LogP contribution < -0.4 is 10.2 Å². The van der Waals surface area contributed by atoms with Crippen LogP contribution in [0.25, 0.3) is 10.8 Å². The predicted molar refractivity (Wildman–Crippen MR) is 98.7 cm³/mol. The molecule has 0 spiro atoms. The van der Waals surface area contributed by atoms with Crippen LogP contribution in [0.1, 0.15) is 25.7 Å². The molecule has 2 saturated heterocycles. The van der Waals surface area contributed by atoms with Crippen LogP contribution in [0.5, 0.6) is 0 Å². The van der Waals surface area contributed by atoms with E-state index in [1.165, 1.54) is 5.39 Å². The van der Waals surface area contributed by atoms with Gasteiger partial charge in [0, 0.05) is 43.9 Å². The van der Waals surface area contributed by atoms with E-state index < -0.39 is 0 Å². The molecule has 0 saturated carbocycles. The Morgan fingerprint density at radius 2 is 2.00 bits per heavy atom. The number of ether oxygens (including phenoxy) is 1. The topological polar surface area (TPSA) is 54.5 Å². The lowest BCUT2D eigenvalue weighted by molar-refractivity contribution is -0.126. The van der Waals surface area contributed by atoms with Crippen LogP contribution in [0.3, 0.4) is 0 Å². The van der Waals surface area contributed by atoms with E-state index in [2.05, 4.69) is 27.3 Å². The number of nitrogens with one attached hydrogen (secondary N) is 1. The van der Waals surface area contributed by atoms with Crippen molar-refractivity contribution in [3.8, 4) is 0 Å². The Labute approximate surface area is 148 Å². The van der Waals surface area contributed by atoms with E-state index in [0.717, 1.165) is 63.2 Å². The number of hydrogen-bond donors (Lipinski definition) is 1. The van der Waals surface area contributed by atoms with Gasteiger partial charge in [-0.25, -0.2) is 4.98 Å². The van der Waals surface area contributed by atoms with Gasteiger partial charge in [-0.05, 0) is 37.1 Å². The zero-order valence-corrected chi connectivity index (χ0v) is 14.5. The van der Waals surface area contributed by atoms with E-state index in [0.29, 0.717) is 0 Å². The van der Waals surface area contributed by atoms with Gasteiger partial charge in [0.25, 0.3) is 0 Å². The quantitative estimate of drug-likeness (QED) is 0.934. The second-order valence-electron chi connectivity index (χ2n) is 7.04. The third-order valence-electron chi connectivity index (χ3n) is 5.31. The van der Waals surface area contributed by atoms with Gasteiger partial charge < -0.3 is 15.0 Å². The highest BCUT2D eigenvalue weighted by Crippen LogP contribution is 2.28. The molecule has 5 nitrogen and oxygen atoms in total. The first-order chi connectivity index (χ1) is 12.3. The van der Waals surface area contributed by atoms with Crippen LogP contribution in [0.2, 0.25) is 0 Å². The summed E-state index contributed by atoms with van der Waals surface area (Å²) in [4.78, 5) is 19.6. The van der Waals surface area contributed by atoms with Crippen molar-refractivity contribution in [2.45, 2.75) is 31.7 Å². The average Bonchev–Trinajstić information content (AvgIpc) is 2.68. The zero-order chi connectivity index (χ0) is 17.1. The zero-order valence-electron chi connectivity index (χ0n) is 14.5. The molecule has 1 N–H and O–H groups in total. The maximum Gasteiger partial charge on any atom is 0.225 e. The molecule has 2 aliphatic heterocycles. The second kappa shape index (κ2) is 7.40. The largest absolute Gasteiger partial charge is 0.381 e. The SMILES string of the molecule is O=C(NC1CCOCC1)C1CCCN(c2nccc3ccccc23)C1. The summed E-state index contributed by atoms with van der Waals surface area (Å²) in [6.45, 7) is 3.21. The number of pyridine rings is 1. The monoisotopic (exact) mass is 339 g/mol. The molecule has 0 radical (unpaired) electrons. The number of nitrogens with zero attached hydrogens (tertiary/aromatic N) is 2. The maximum absolute atomic E-state index is 12.7. The number of fused-ring (bicyclic) bond motifs is 1. The van der Waals surface area contributed by atoms with Gasteiger partial charge in [-0.1, -0.05) is 24.3 Å². The Morgan fingerprint density at radius 3 is 2.88 bits per heavy atom. The summed E-state index contributed by atoms with van der Waals surface area (Å²) in [7, 11) is 0. The third-order valence-corrected chi connectivity index (χ3v) is 5.31. The minimum atomic E-state index is 0.0392. The van der Waals surface area contributed by atoms with Gasteiger partial charge >= 0.3 is 0 Å². The number of hydrogen-bond acceptors (Lipinski definition) is 4. The summed E-state index contributed by atoms with van der Waals surface area (Å²) in [5.41, 5.74) is 0. The van der Waals surface area contributed by atoms with Gasteiger partial charge in [0.15, 0.2) is 0 Å². The van der Waals surface area contributed by atoms with Crippen LogP contribution in [0, 0.1) is 5.92 Å². The van der Waals surface area contributed by atoms with Crippen molar-refractivity contribution in [2.75, 3.05) is 31.2 Å². The minimum absolute atomic E-state index is 0.0392. The molecular formula is C20H25N3O2. The van der Waals surface area contributed by atoms with Gasteiger partial charge in [-0.2, -0.15) is 0 Å². The van der Waals surface area contributed by atoms with Crippen LogP contribution >= 0.6 is 0 Å². The molecule has 3 heterocycles. The highest BCUT2D eigenvalue weighted by atomic mass is 16.5. The summed E-state index contributed by atoms with van der Waals surface area (Å²) in [6.07, 6.45) is 5.69. The van der Waals surface area contributed by atoms with Gasteiger partial charge in [0.2, 0.25) is 5.91 Å². The molecule has 2 aliphatic rings. The lowest BCUT2D eigenvalue weighted by atomic mass is 9.95. The van der Waals surface area contributed by atoms with E-state index in [9.17, 15) is 4.79 Å². The van der Waals surface area contributed by atoms with Crippen LogP contribution in [-0.2, 0) is 9.53 Å². The standard InChI is InChI=1S/C20H25N3O2/c24-20(22-17-8-12-25-13-9-17)16-5-3-11-23(14-16)19-18-6-2-1-4-15(18)7-10-21-19/h1-2,4,6-7,10,16-17H,3,5,8-9,11-14H2,(H,22,24). The predicted octanol–water partition coefficient (Wildman–Crippen LogP) is 2.75. The van der Waals surface area contributed by atoms with E-state index >= 15 is 0 Å². The highest BCUT2D eigenvalue weighted by Gasteiger charge is 2.29. The first kappa shape index (κ1) is 16.3. The van der Waals surface area contributed by atoms with E-state index in [-0.39, 0.29) is 17.9 Å². The van der Waals surface area contributed by atoms with Crippen molar-refractivity contribution in [1.82, 2.24) is 10.3 Å². The molecule has 1 amide bonds. The average molecular weight is 339 g/mol. The molecule has 2 fully saturated rings. The summed E-state index contributed by atoms with van der Waals surface area (Å²) in [5, 5.41) is 5.59. The Morgan fingerprint density at radius 1 is 1.16 bits per heavy atom. The fraction of sp³-hybridized carbons (Fsp3) is 0.500. The number of anilines is 1. The summed E-state index contributed by atoms with van der Waals surface area (Å²) in [6, 6.07) is 10.6. The molecule has 25 heavy (non-hydrogen) atoms. The summed E-state index contributed by atoms with van der Waals surface area (Å²) >= 11 is 0. The molecule has 1 atom stereocenters. The number of benzene rings is 1. The smallest absolute Gasteiger partial charge is 0.225 e. The van der Waals surface area contributed by atoms with E-state index in [1.54, 1.807) is 0 Å². The second-order valence-corrected chi connectivity index (χ2v) is 7.04. The van der Waals surface area contributed by atoms with Crippen molar-refractivity contribution in [3.05, 3.63) is 36.5 Å². The fourth-order valence-electron chi connectivity index (χ4n) is 3.90. The van der Waals surface area contributed by atoms with Crippen LogP contribution in [0.15, 0.2) is 36.5 Å². The fourth-order valence-corrected chi connectivity index (χ4v) is 3.90. The van der Waals surface area contributed by atoms with Crippen LogP contribution in [0.4, 0.5) is 5.82 Å². The highest BCUT2D eigenvalue weighted by molar-refractivity contribution is 5.92. The number of piperidine rings is 1. The van der Waals surface area contributed by atoms with Gasteiger partial charge in [0.05, 0.1) is 5.92 Å². The van der Waals surface area contributed by atoms with E-state index in [1.807, 2.05) is 24.4 Å². The Bertz CT molecular complexity index is 737. The first-order valence-electron chi connectivity index (χ1n) is 9.28. The Hall–Kier alpha value is -2.14. The van der Waals surface area contributed by atoms with E-state index in [4.69, 9.17) is 4.74 Å². The molecule has 0 aliphatic carbocycles. The molecule has 2 aromatic rings. The van der Waals surface area contributed by atoms with Crippen molar-refractivity contribution >= 4 is 22.5 Å². The summed E-state index contributed by atoms with van der Waals surface area (Å²) < 4.78 is 5.37. The molecule has 1 aromatic heterocycles. The van der Waals surface area contributed by atoms with Gasteiger partial charge in [-0.3, -0.25) is 4.79 Å². The Balaban J connectivity index is 1.47. The number of rotatable bonds is 3. The lowest BCUT2D eigenvalue weighted by Crippen LogP contribution is -2.47. The molecular weight excluding hydrogens is 314 g/mol. The number of carbonyl (C=O) groups excluding carboxylic acids is 1. The van der Waals surface area contributed by atoms with Crippen molar-refractivity contribution in [2.24, 2.45) is 5.92 Å². The molecule has 1 aromatic carbocycles.